The van der Waals surface area contributed by atoms with Crippen molar-refractivity contribution in [1.29, 1.82) is 0 Å². The molecule has 0 saturated heterocycles. The van der Waals surface area contributed by atoms with Crippen LogP contribution >= 0.6 is 0 Å². The molecule has 1 amide bonds. The Morgan fingerprint density at radius 1 is 1.09 bits per heavy atom. The van der Waals surface area contributed by atoms with Crippen LogP contribution < -0.4 is 5.32 Å². The van der Waals surface area contributed by atoms with Gasteiger partial charge in [0, 0.05) is 23.5 Å². The van der Waals surface area contributed by atoms with Gasteiger partial charge in [-0.3, -0.25) is 9.36 Å². The lowest BCUT2D eigenvalue weighted by atomic mass is 9.99. The number of hydrogen-bond donors (Lipinski definition) is 3. The van der Waals surface area contributed by atoms with E-state index in [9.17, 15) is 9.90 Å². The first-order valence-electron chi connectivity index (χ1n) is 11.3. The van der Waals surface area contributed by atoms with Gasteiger partial charge in [-0.15, -0.1) is 0 Å². The molecule has 3 N–H and O–H groups in total. The smallest absolute Gasteiger partial charge is 0.405 e. The monoisotopic (exact) mass is 466 g/mol. The maximum absolute atomic E-state index is 11.1. The highest BCUT2D eigenvalue weighted by atomic mass is 16.4. The first-order chi connectivity index (χ1) is 16.2. The van der Waals surface area contributed by atoms with E-state index in [0.29, 0.717) is 11.7 Å². The van der Waals surface area contributed by atoms with Gasteiger partial charge in [0.15, 0.2) is 0 Å². The van der Waals surface area contributed by atoms with E-state index in [0.717, 1.165) is 35.2 Å². The van der Waals surface area contributed by atoms with E-state index in [1.165, 1.54) is 0 Å². The van der Waals surface area contributed by atoms with E-state index >= 15 is 0 Å². The molecule has 11 heteroatoms. The molecule has 0 bridgehead atoms. The highest BCUT2D eigenvalue weighted by Gasteiger charge is 2.29. The summed E-state index contributed by atoms with van der Waals surface area (Å²) in [5.74, 6) is 0. The van der Waals surface area contributed by atoms with Crippen LogP contribution in [-0.4, -0.2) is 62.1 Å². The van der Waals surface area contributed by atoms with Gasteiger partial charge in [-0.1, -0.05) is 13.8 Å². The van der Waals surface area contributed by atoms with Crippen LogP contribution in [0, 0.1) is 0 Å². The van der Waals surface area contributed by atoms with Gasteiger partial charge in [0.05, 0.1) is 65.9 Å². The van der Waals surface area contributed by atoms with Gasteiger partial charge in [-0.25, -0.2) is 14.3 Å². The van der Waals surface area contributed by atoms with Gasteiger partial charge in [-0.05, 0) is 32.8 Å². The molecular weight excluding hydrogens is 436 g/mol. The minimum atomic E-state index is -1.26. The Bertz CT molecular complexity index is 1280. The number of carbonyl (C=O) groups is 1. The van der Waals surface area contributed by atoms with E-state index in [1.807, 2.05) is 29.3 Å². The molecule has 4 heterocycles. The molecule has 0 aliphatic rings. The van der Waals surface area contributed by atoms with E-state index in [-0.39, 0.29) is 6.54 Å². The summed E-state index contributed by atoms with van der Waals surface area (Å²) in [5, 5.41) is 35.1. The molecule has 0 aromatic carbocycles. The van der Waals surface area contributed by atoms with E-state index in [1.54, 1.807) is 41.6 Å². The molecule has 0 radical (unpaired) electrons. The Kier molecular flexibility index (Phi) is 6.38. The molecule has 0 fully saturated rings. The maximum Gasteiger partial charge on any atom is 0.405 e. The lowest BCUT2D eigenvalue weighted by Crippen LogP contribution is -2.51. The number of carboxylic acid groups (broad SMARTS) is 1. The summed E-state index contributed by atoms with van der Waals surface area (Å²) in [6.07, 6.45) is 11.6. The van der Waals surface area contributed by atoms with Crippen molar-refractivity contribution in [2.75, 3.05) is 0 Å². The highest BCUT2D eigenvalue weighted by molar-refractivity contribution is 5.78. The summed E-state index contributed by atoms with van der Waals surface area (Å²) in [6.45, 7) is 7.57. The first kappa shape index (κ1) is 23.4. The number of aliphatic hydroxyl groups is 1. The lowest BCUT2D eigenvalue weighted by molar-refractivity contribution is 0.0303. The molecule has 1 atom stereocenters. The van der Waals surface area contributed by atoms with Crippen LogP contribution in [0.1, 0.15) is 46.6 Å². The lowest BCUT2D eigenvalue weighted by Gasteiger charge is -2.28. The second-order valence-electron chi connectivity index (χ2n) is 8.92. The van der Waals surface area contributed by atoms with Gasteiger partial charge in [-0.2, -0.15) is 15.3 Å². The molecular formula is C23H30N8O3. The average Bonchev–Trinajstić information content (AvgIpc) is 3.53. The van der Waals surface area contributed by atoms with Crippen molar-refractivity contribution in [2.24, 2.45) is 0 Å². The zero-order valence-corrected chi connectivity index (χ0v) is 19.8. The fourth-order valence-corrected chi connectivity index (χ4v) is 3.98. The number of rotatable bonds is 9. The van der Waals surface area contributed by atoms with Crippen LogP contribution in [-0.2, 0) is 6.54 Å². The standard InChI is InChI=1S/C23H30N8O3/c1-5-17(6-2)30-12-16(10-26-30)21-19-7-8-24-31(19)13-18(27-21)15-9-25-29(11-15)14-20(23(3,4)34)28-22(32)33/h7-13,17,20,28,34H,5-6,14H2,1-4H3,(H,32,33). The second-order valence-corrected chi connectivity index (χ2v) is 8.92. The molecule has 4 aromatic heterocycles. The first-order valence-corrected chi connectivity index (χ1v) is 11.3. The fraction of sp³-hybridized carbons (Fsp3) is 0.435. The molecule has 34 heavy (non-hydrogen) atoms. The minimum absolute atomic E-state index is 0.162. The van der Waals surface area contributed by atoms with Gasteiger partial charge in [0.1, 0.15) is 0 Å². The van der Waals surface area contributed by atoms with Crippen molar-refractivity contribution in [1.82, 2.24) is 39.5 Å². The Morgan fingerprint density at radius 3 is 2.50 bits per heavy atom. The Balaban J connectivity index is 1.68. The Morgan fingerprint density at radius 2 is 1.82 bits per heavy atom. The van der Waals surface area contributed by atoms with Crippen molar-refractivity contribution < 1.29 is 15.0 Å². The van der Waals surface area contributed by atoms with Crippen LogP contribution in [0.25, 0.3) is 28.0 Å². The van der Waals surface area contributed by atoms with Crippen LogP contribution in [0.4, 0.5) is 4.79 Å². The molecule has 4 rings (SSSR count). The zero-order valence-electron chi connectivity index (χ0n) is 19.8. The molecule has 0 spiro atoms. The number of nitrogens with one attached hydrogen (secondary N) is 1. The summed E-state index contributed by atoms with van der Waals surface area (Å²) in [6, 6.07) is 1.50. The van der Waals surface area contributed by atoms with Gasteiger partial charge < -0.3 is 15.5 Å². The van der Waals surface area contributed by atoms with Gasteiger partial charge in [0.2, 0.25) is 0 Å². The zero-order chi connectivity index (χ0) is 24.5. The van der Waals surface area contributed by atoms with E-state index in [4.69, 9.17) is 10.1 Å². The normalized spacial score (nSPS) is 13.0. The molecule has 11 nitrogen and oxygen atoms in total. The molecule has 180 valence electrons. The largest absolute Gasteiger partial charge is 0.465 e. The predicted molar refractivity (Wildman–Crippen MR) is 126 cm³/mol. The van der Waals surface area contributed by atoms with E-state index < -0.39 is 17.7 Å². The third-order valence-electron chi connectivity index (χ3n) is 6.03. The van der Waals surface area contributed by atoms with Crippen molar-refractivity contribution in [3.8, 4) is 22.5 Å². The predicted octanol–water partition coefficient (Wildman–Crippen LogP) is 3.22. The Labute approximate surface area is 197 Å². The van der Waals surface area contributed by atoms with Gasteiger partial charge >= 0.3 is 6.09 Å². The summed E-state index contributed by atoms with van der Waals surface area (Å²) in [4.78, 5) is 16.0. The van der Waals surface area contributed by atoms with E-state index in [2.05, 4.69) is 34.5 Å². The van der Waals surface area contributed by atoms with Crippen molar-refractivity contribution >= 4 is 11.6 Å². The molecule has 4 aromatic rings. The number of hydrogen-bond acceptors (Lipinski definition) is 6. The summed E-state index contributed by atoms with van der Waals surface area (Å²) in [7, 11) is 0. The topological polar surface area (TPSA) is 135 Å². The fourth-order valence-electron chi connectivity index (χ4n) is 3.98. The third kappa shape index (κ3) is 4.79. The number of fused-ring (bicyclic) bond motifs is 1. The van der Waals surface area contributed by atoms with Crippen molar-refractivity contribution in [3.05, 3.63) is 43.2 Å². The van der Waals surface area contributed by atoms with Gasteiger partial charge in [0.25, 0.3) is 0 Å². The van der Waals surface area contributed by atoms with Crippen molar-refractivity contribution in [2.45, 2.75) is 64.8 Å². The van der Waals surface area contributed by atoms with Crippen molar-refractivity contribution in [3.63, 3.8) is 0 Å². The van der Waals surface area contributed by atoms with Crippen LogP contribution in [0.5, 0.6) is 0 Å². The summed E-state index contributed by atoms with van der Waals surface area (Å²) in [5.41, 5.74) is 2.68. The highest BCUT2D eigenvalue weighted by Crippen LogP contribution is 2.28. The SMILES string of the molecule is CCC(CC)n1cc(-c2nc(-c3cnn(CC(NC(=O)O)C(C)(C)O)c3)cn3nccc23)cn1. The number of nitrogens with zero attached hydrogens (tertiary/aromatic N) is 7. The second kappa shape index (κ2) is 9.26. The molecule has 1 unspecified atom stereocenters. The summed E-state index contributed by atoms with van der Waals surface area (Å²) >= 11 is 0. The average molecular weight is 467 g/mol. The van der Waals surface area contributed by atoms with Crippen LogP contribution in [0.3, 0.4) is 0 Å². The number of amides is 1. The molecule has 0 aliphatic carbocycles. The van der Waals surface area contributed by atoms with Crippen LogP contribution in [0.2, 0.25) is 0 Å². The molecule has 0 saturated carbocycles. The quantitative estimate of drug-likeness (QED) is 0.345. The third-order valence-corrected chi connectivity index (χ3v) is 6.03. The number of aromatic nitrogens is 7. The molecule has 0 aliphatic heterocycles. The maximum atomic E-state index is 11.1. The Hall–Kier alpha value is -3.73. The minimum Gasteiger partial charge on any atom is -0.465 e. The van der Waals surface area contributed by atoms with Crippen LogP contribution in [0.15, 0.2) is 43.2 Å². The summed E-state index contributed by atoms with van der Waals surface area (Å²) < 4.78 is 5.35.